The van der Waals surface area contributed by atoms with Gasteiger partial charge in [-0.15, -0.1) is 0 Å². The van der Waals surface area contributed by atoms with Crippen molar-refractivity contribution in [2.75, 3.05) is 19.3 Å². The fourth-order valence-corrected chi connectivity index (χ4v) is 2.34. The number of aliphatic carboxylic acids is 1. The van der Waals surface area contributed by atoms with E-state index in [4.69, 9.17) is 10.2 Å². The maximum atomic E-state index is 10.9. The molecule has 9 heteroatoms. The van der Waals surface area contributed by atoms with Gasteiger partial charge in [0.25, 0.3) is 10.1 Å². The van der Waals surface area contributed by atoms with Crippen LogP contribution in [0.2, 0.25) is 0 Å². The smallest absolute Gasteiger partial charge is 0.407 e. The molecule has 0 aliphatic carbocycles. The molecular formula is C8H13NO7S. The molecule has 2 N–H and O–H groups in total. The molecule has 1 aliphatic rings. The molecule has 0 spiro atoms. The van der Waals surface area contributed by atoms with Gasteiger partial charge in [-0.3, -0.25) is 8.98 Å². The van der Waals surface area contributed by atoms with Crippen LogP contribution in [0, 0.1) is 5.92 Å². The number of likely N-dealkylation sites (tertiary alicyclic amines) is 1. The summed E-state index contributed by atoms with van der Waals surface area (Å²) in [7, 11) is -3.73. The van der Waals surface area contributed by atoms with Gasteiger partial charge < -0.3 is 15.1 Å². The normalized spacial score (nSPS) is 25.6. The van der Waals surface area contributed by atoms with Crippen molar-refractivity contribution in [2.45, 2.75) is 12.5 Å². The van der Waals surface area contributed by atoms with Crippen LogP contribution in [-0.4, -0.2) is 61.0 Å². The van der Waals surface area contributed by atoms with Gasteiger partial charge in [-0.05, 0) is 6.42 Å². The van der Waals surface area contributed by atoms with Gasteiger partial charge in [0.05, 0.1) is 24.8 Å². The summed E-state index contributed by atoms with van der Waals surface area (Å²) >= 11 is 0. The average molecular weight is 267 g/mol. The minimum atomic E-state index is -3.73. The van der Waals surface area contributed by atoms with Crippen LogP contribution in [0.4, 0.5) is 4.79 Å². The van der Waals surface area contributed by atoms with E-state index in [-0.39, 0.29) is 19.5 Å². The van der Waals surface area contributed by atoms with E-state index in [1.54, 1.807) is 0 Å². The van der Waals surface area contributed by atoms with Gasteiger partial charge in [-0.25, -0.2) is 4.79 Å². The van der Waals surface area contributed by atoms with Crippen LogP contribution in [-0.2, 0) is 19.1 Å². The SMILES string of the molecule is CS(=O)(=O)OC1CC(C(=O)O)CN(C(=O)O)C1. The van der Waals surface area contributed by atoms with E-state index in [0.717, 1.165) is 11.2 Å². The highest BCUT2D eigenvalue weighted by Gasteiger charge is 2.35. The molecule has 2 atom stereocenters. The number of hydrogen-bond donors (Lipinski definition) is 2. The van der Waals surface area contributed by atoms with Gasteiger partial charge in [0.1, 0.15) is 0 Å². The highest BCUT2D eigenvalue weighted by Crippen LogP contribution is 2.20. The molecule has 2 unspecified atom stereocenters. The highest BCUT2D eigenvalue weighted by atomic mass is 32.2. The van der Waals surface area contributed by atoms with Crippen LogP contribution in [0.15, 0.2) is 0 Å². The van der Waals surface area contributed by atoms with Crippen molar-refractivity contribution in [3.05, 3.63) is 0 Å². The molecular weight excluding hydrogens is 254 g/mol. The number of carbonyl (C=O) groups is 2. The first-order valence-corrected chi connectivity index (χ1v) is 6.59. The van der Waals surface area contributed by atoms with Crippen molar-refractivity contribution in [2.24, 2.45) is 5.92 Å². The quantitative estimate of drug-likeness (QED) is 0.656. The molecule has 0 aromatic heterocycles. The molecule has 0 bridgehead atoms. The number of piperidine rings is 1. The molecule has 0 saturated carbocycles. The van der Waals surface area contributed by atoms with Gasteiger partial charge in [0.2, 0.25) is 0 Å². The van der Waals surface area contributed by atoms with Crippen molar-refractivity contribution in [3.63, 3.8) is 0 Å². The van der Waals surface area contributed by atoms with Crippen molar-refractivity contribution < 1.29 is 32.4 Å². The first-order valence-electron chi connectivity index (χ1n) is 4.78. The lowest BCUT2D eigenvalue weighted by molar-refractivity contribution is -0.144. The number of carboxylic acids is 1. The van der Waals surface area contributed by atoms with Crippen LogP contribution in [0.5, 0.6) is 0 Å². The van der Waals surface area contributed by atoms with E-state index in [1.807, 2.05) is 0 Å². The Hall–Kier alpha value is -1.35. The van der Waals surface area contributed by atoms with Gasteiger partial charge in [-0.1, -0.05) is 0 Å². The van der Waals surface area contributed by atoms with E-state index in [2.05, 4.69) is 4.18 Å². The Morgan fingerprint density at radius 3 is 2.29 bits per heavy atom. The molecule has 1 amide bonds. The first kappa shape index (κ1) is 13.7. The molecule has 1 rings (SSSR count). The van der Waals surface area contributed by atoms with Gasteiger partial charge >= 0.3 is 12.1 Å². The Morgan fingerprint density at radius 2 is 1.88 bits per heavy atom. The van der Waals surface area contributed by atoms with Crippen molar-refractivity contribution in [1.82, 2.24) is 4.90 Å². The third-order valence-electron chi connectivity index (χ3n) is 2.34. The Morgan fingerprint density at radius 1 is 1.29 bits per heavy atom. The Bertz CT molecular complexity index is 396. The number of rotatable bonds is 3. The molecule has 0 radical (unpaired) electrons. The van der Waals surface area contributed by atoms with Crippen LogP contribution < -0.4 is 0 Å². The second-order valence-electron chi connectivity index (χ2n) is 3.88. The number of hydrogen-bond acceptors (Lipinski definition) is 5. The molecule has 1 fully saturated rings. The fourth-order valence-electron chi connectivity index (χ4n) is 1.70. The zero-order valence-corrected chi connectivity index (χ0v) is 9.88. The summed E-state index contributed by atoms with van der Waals surface area (Å²) in [5.41, 5.74) is 0. The molecule has 17 heavy (non-hydrogen) atoms. The second kappa shape index (κ2) is 4.88. The summed E-state index contributed by atoms with van der Waals surface area (Å²) in [6, 6.07) is 0. The molecule has 1 heterocycles. The third kappa shape index (κ3) is 4.19. The lowest BCUT2D eigenvalue weighted by Gasteiger charge is -2.33. The summed E-state index contributed by atoms with van der Waals surface area (Å²) in [4.78, 5) is 22.4. The van der Waals surface area contributed by atoms with Crippen molar-refractivity contribution in [1.29, 1.82) is 0 Å². The minimum absolute atomic E-state index is 0.0216. The van der Waals surface area contributed by atoms with E-state index in [0.29, 0.717) is 0 Å². The minimum Gasteiger partial charge on any atom is -0.481 e. The van der Waals surface area contributed by atoms with Crippen LogP contribution >= 0.6 is 0 Å². The monoisotopic (exact) mass is 267 g/mol. The largest absolute Gasteiger partial charge is 0.481 e. The summed E-state index contributed by atoms with van der Waals surface area (Å²) in [6.07, 6.45) is -1.43. The van der Waals surface area contributed by atoms with Crippen LogP contribution in [0.1, 0.15) is 6.42 Å². The number of carboxylic acid groups (broad SMARTS) is 2. The van der Waals surface area contributed by atoms with Crippen molar-refractivity contribution >= 4 is 22.2 Å². The Balaban J connectivity index is 2.78. The summed E-state index contributed by atoms with van der Waals surface area (Å²) in [5, 5.41) is 17.6. The molecule has 1 aliphatic heterocycles. The third-order valence-corrected chi connectivity index (χ3v) is 2.96. The summed E-state index contributed by atoms with van der Waals surface area (Å²) in [6.45, 7) is -0.305. The topological polar surface area (TPSA) is 121 Å². The van der Waals surface area contributed by atoms with E-state index in [1.165, 1.54) is 0 Å². The van der Waals surface area contributed by atoms with Crippen LogP contribution in [0.25, 0.3) is 0 Å². The Labute approximate surface area is 97.9 Å². The van der Waals surface area contributed by atoms with E-state index < -0.39 is 34.2 Å². The fraction of sp³-hybridized carbons (Fsp3) is 0.750. The Kier molecular flexibility index (Phi) is 3.94. The zero-order valence-electron chi connectivity index (χ0n) is 9.07. The maximum absolute atomic E-state index is 10.9. The van der Waals surface area contributed by atoms with Gasteiger partial charge in [0.15, 0.2) is 0 Å². The predicted octanol–water partition coefficient (Wildman–Crippen LogP) is -0.584. The molecule has 1 saturated heterocycles. The van der Waals surface area contributed by atoms with E-state index >= 15 is 0 Å². The van der Waals surface area contributed by atoms with Crippen LogP contribution in [0.3, 0.4) is 0 Å². The lowest BCUT2D eigenvalue weighted by atomic mass is 9.96. The first-order chi connectivity index (χ1) is 7.69. The standard InChI is InChI=1S/C8H13NO7S/c1-17(14,15)16-6-2-5(7(10)11)3-9(4-6)8(12)13/h5-6H,2-4H2,1H3,(H,10,11)(H,12,13). The molecule has 0 aromatic rings. The number of amides is 1. The molecule has 8 nitrogen and oxygen atoms in total. The summed E-state index contributed by atoms with van der Waals surface area (Å²) < 4.78 is 26.5. The lowest BCUT2D eigenvalue weighted by Crippen LogP contribution is -2.49. The number of nitrogens with zero attached hydrogens (tertiary/aromatic N) is 1. The average Bonchev–Trinajstić information content (AvgIpc) is 2.14. The van der Waals surface area contributed by atoms with Gasteiger partial charge in [-0.2, -0.15) is 8.42 Å². The van der Waals surface area contributed by atoms with Crippen molar-refractivity contribution in [3.8, 4) is 0 Å². The molecule has 0 aromatic carbocycles. The highest BCUT2D eigenvalue weighted by molar-refractivity contribution is 7.86. The van der Waals surface area contributed by atoms with E-state index in [9.17, 15) is 18.0 Å². The molecule has 98 valence electrons. The predicted molar refractivity (Wildman–Crippen MR) is 55.1 cm³/mol. The zero-order chi connectivity index (χ0) is 13.2. The van der Waals surface area contributed by atoms with Gasteiger partial charge in [0, 0.05) is 6.54 Å². The maximum Gasteiger partial charge on any atom is 0.407 e. The summed E-state index contributed by atoms with van der Waals surface area (Å²) in [5.74, 6) is -2.12. The second-order valence-corrected chi connectivity index (χ2v) is 5.48.